The van der Waals surface area contributed by atoms with Gasteiger partial charge in [0.25, 0.3) is 0 Å². The van der Waals surface area contributed by atoms with Crippen LogP contribution in [0.25, 0.3) is 0 Å². The first-order valence-corrected chi connectivity index (χ1v) is 31.7. The molecule has 0 aliphatic heterocycles. The minimum Gasteiger partial charge on any atom is -0.456 e. The van der Waals surface area contributed by atoms with Crippen molar-refractivity contribution in [3.63, 3.8) is 0 Å². The highest BCUT2D eigenvalue weighted by molar-refractivity contribution is 7.47. The van der Waals surface area contributed by atoms with Crippen molar-refractivity contribution in [2.24, 2.45) is 0 Å². The molecule has 10 heteroatoms. The molecule has 0 rings (SSSR count). The standard InChI is InChI=1S/C65H113N2O7P/c1-7-10-13-16-19-22-25-28-30-32-33-35-36-39-42-45-48-51-54-57-64(68)66-62(61-73-75(70,71)72-60-59-67(4,5)6)63(56-53-50-47-44-41-38-27-24-21-18-15-12-9-3)74-65(69)58-55-52-49-46-43-40-37-34-31-29-26-23-20-17-14-11-8-2/h10,13,19-20,22-23,28-31,33,35,39,42,48,51,53,56,62-63H,7-9,11-12,14-18,21,24-27,32,34,36-38,40-41,43-47,49-50,52,54-55,57-61H2,1-6H3,(H-,66,68,70,71)/p+1/b13-10-,22-19-,23-20-,30-28-,31-29-,35-33-,42-39-,51-48-,56-53+. The van der Waals surface area contributed by atoms with Crippen LogP contribution in [-0.2, 0) is 27.9 Å². The Kier molecular flexibility index (Phi) is 51.6. The van der Waals surface area contributed by atoms with Gasteiger partial charge in [-0.05, 0) is 102 Å². The fraction of sp³-hybridized carbons (Fsp3) is 0.692. The summed E-state index contributed by atoms with van der Waals surface area (Å²) in [6.07, 6.45) is 73.8. The van der Waals surface area contributed by atoms with Crippen molar-refractivity contribution >= 4 is 19.7 Å². The molecule has 2 N–H and O–H groups in total. The number of phosphoric acid groups is 1. The number of ether oxygens (including phenoxy) is 1. The Hall–Kier alpha value is -3.33. The molecule has 0 aromatic carbocycles. The lowest BCUT2D eigenvalue weighted by Crippen LogP contribution is -2.47. The van der Waals surface area contributed by atoms with E-state index in [1.54, 1.807) is 0 Å². The van der Waals surface area contributed by atoms with Crippen LogP contribution in [0.4, 0.5) is 0 Å². The highest BCUT2D eigenvalue weighted by Gasteiger charge is 2.30. The van der Waals surface area contributed by atoms with Crippen molar-refractivity contribution in [2.45, 2.75) is 251 Å². The van der Waals surface area contributed by atoms with Gasteiger partial charge in [-0.15, -0.1) is 0 Å². The van der Waals surface area contributed by atoms with E-state index in [0.717, 1.165) is 89.9 Å². The molecule has 0 saturated heterocycles. The van der Waals surface area contributed by atoms with Crippen LogP contribution < -0.4 is 5.32 Å². The number of unbranched alkanes of at least 4 members (excludes halogenated alkanes) is 21. The Morgan fingerprint density at radius 2 is 0.867 bits per heavy atom. The topological polar surface area (TPSA) is 111 Å². The van der Waals surface area contributed by atoms with Crippen molar-refractivity contribution in [1.29, 1.82) is 0 Å². The van der Waals surface area contributed by atoms with E-state index in [1.807, 2.05) is 39.4 Å². The van der Waals surface area contributed by atoms with E-state index >= 15 is 0 Å². The number of rotatable bonds is 53. The minimum atomic E-state index is -4.48. The summed E-state index contributed by atoms with van der Waals surface area (Å²) >= 11 is 0. The summed E-state index contributed by atoms with van der Waals surface area (Å²) in [5, 5.41) is 3.00. The number of quaternary nitrogens is 1. The fourth-order valence-corrected chi connectivity index (χ4v) is 8.79. The predicted molar refractivity (Wildman–Crippen MR) is 323 cm³/mol. The summed E-state index contributed by atoms with van der Waals surface area (Å²) in [5.74, 6) is -0.617. The smallest absolute Gasteiger partial charge is 0.456 e. The predicted octanol–water partition coefficient (Wildman–Crippen LogP) is 18.6. The van der Waals surface area contributed by atoms with Gasteiger partial charge in [0.1, 0.15) is 19.3 Å². The number of hydrogen-bond donors (Lipinski definition) is 2. The quantitative estimate of drug-likeness (QED) is 0.0205. The molecule has 0 aliphatic carbocycles. The third-order valence-electron chi connectivity index (χ3n) is 12.7. The molecule has 3 unspecified atom stereocenters. The molecule has 0 bridgehead atoms. The Labute approximate surface area is 461 Å². The molecule has 0 heterocycles. The summed E-state index contributed by atoms with van der Waals surface area (Å²) in [6.45, 7) is 6.80. The van der Waals surface area contributed by atoms with Gasteiger partial charge in [0.15, 0.2) is 0 Å². The van der Waals surface area contributed by atoms with Gasteiger partial charge < -0.3 is 19.4 Å². The monoisotopic (exact) mass is 1070 g/mol. The highest BCUT2D eigenvalue weighted by Crippen LogP contribution is 2.43. The Bertz CT molecular complexity index is 1650. The Balaban J connectivity index is 5.47. The van der Waals surface area contributed by atoms with Crippen molar-refractivity contribution in [1.82, 2.24) is 5.32 Å². The maximum absolute atomic E-state index is 13.5. The van der Waals surface area contributed by atoms with Crippen LogP contribution in [0.3, 0.4) is 0 Å². The summed E-state index contributed by atoms with van der Waals surface area (Å²) < 4.78 is 30.6. The number of likely N-dealkylation sites (N-methyl/N-ethyl adjacent to an activating group) is 1. The number of esters is 1. The molecule has 75 heavy (non-hydrogen) atoms. The molecule has 3 atom stereocenters. The maximum Gasteiger partial charge on any atom is 0.472 e. The minimum absolute atomic E-state index is 0.0201. The number of phosphoric ester groups is 1. The van der Waals surface area contributed by atoms with Crippen molar-refractivity contribution in [2.75, 3.05) is 40.9 Å². The lowest BCUT2D eigenvalue weighted by Gasteiger charge is -2.27. The van der Waals surface area contributed by atoms with E-state index in [4.69, 9.17) is 13.8 Å². The lowest BCUT2D eigenvalue weighted by atomic mass is 10.0. The average Bonchev–Trinajstić information content (AvgIpc) is 3.37. The van der Waals surface area contributed by atoms with E-state index in [-0.39, 0.29) is 37.9 Å². The van der Waals surface area contributed by atoms with Gasteiger partial charge in [0, 0.05) is 12.8 Å². The van der Waals surface area contributed by atoms with Gasteiger partial charge in [0.2, 0.25) is 5.91 Å². The molecule has 0 aliphatic rings. The van der Waals surface area contributed by atoms with Gasteiger partial charge in [-0.1, -0.05) is 233 Å². The van der Waals surface area contributed by atoms with Crippen LogP contribution in [0.2, 0.25) is 0 Å². The summed E-state index contributed by atoms with van der Waals surface area (Å²) in [4.78, 5) is 37.6. The zero-order valence-electron chi connectivity index (χ0n) is 49.0. The Morgan fingerprint density at radius 1 is 0.480 bits per heavy atom. The molecular formula is C65H114N2O7P+. The van der Waals surface area contributed by atoms with Gasteiger partial charge >= 0.3 is 13.8 Å². The second kappa shape index (κ2) is 54.0. The van der Waals surface area contributed by atoms with E-state index in [1.165, 1.54) is 103 Å². The zero-order chi connectivity index (χ0) is 55.0. The second-order valence-corrected chi connectivity index (χ2v) is 22.6. The van der Waals surface area contributed by atoms with Gasteiger partial charge in [-0.3, -0.25) is 18.6 Å². The van der Waals surface area contributed by atoms with E-state index in [9.17, 15) is 19.0 Å². The maximum atomic E-state index is 13.5. The molecule has 0 spiro atoms. The van der Waals surface area contributed by atoms with Crippen LogP contribution in [0.1, 0.15) is 239 Å². The largest absolute Gasteiger partial charge is 0.472 e. The number of hydrogen-bond acceptors (Lipinski definition) is 6. The lowest BCUT2D eigenvalue weighted by molar-refractivity contribution is -0.870. The third-order valence-corrected chi connectivity index (χ3v) is 13.7. The van der Waals surface area contributed by atoms with E-state index in [0.29, 0.717) is 23.9 Å². The average molecular weight is 1070 g/mol. The fourth-order valence-electron chi connectivity index (χ4n) is 8.05. The van der Waals surface area contributed by atoms with Crippen molar-refractivity contribution in [3.8, 4) is 0 Å². The van der Waals surface area contributed by atoms with Crippen LogP contribution in [0, 0.1) is 0 Å². The Morgan fingerprint density at radius 3 is 1.33 bits per heavy atom. The molecule has 0 aromatic rings. The summed E-state index contributed by atoms with van der Waals surface area (Å²) in [7, 11) is 1.43. The van der Waals surface area contributed by atoms with Crippen LogP contribution >= 0.6 is 7.82 Å². The van der Waals surface area contributed by atoms with Crippen molar-refractivity contribution < 1.29 is 37.3 Å². The molecule has 0 aromatic heterocycles. The van der Waals surface area contributed by atoms with Crippen LogP contribution in [-0.4, -0.2) is 74.3 Å². The molecule has 9 nitrogen and oxygen atoms in total. The summed E-state index contributed by atoms with van der Waals surface area (Å²) in [5.41, 5.74) is 0. The molecule has 430 valence electrons. The molecule has 0 radical (unpaired) electrons. The van der Waals surface area contributed by atoms with Crippen LogP contribution in [0.15, 0.2) is 109 Å². The van der Waals surface area contributed by atoms with E-state index in [2.05, 4.69) is 117 Å². The number of carbonyl (C=O) groups excluding carboxylic acids is 2. The van der Waals surface area contributed by atoms with E-state index < -0.39 is 20.0 Å². The van der Waals surface area contributed by atoms with Crippen LogP contribution in [0.5, 0.6) is 0 Å². The number of allylic oxidation sites excluding steroid dienone is 17. The number of carbonyl (C=O) groups is 2. The van der Waals surface area contributed by atoms with Gasteiger partial charge in [-0.2, -0.15) is 0 Å². The molecule has 1 amide bonds. The molecule has 0 fully saturated rings. The van der Waals surface area contributed by atoms with Gasteiger partial charge in [0.05, 0.1) is 33.8 Å². The first kappa shape index (κ1) is 71.7. The van der Waals surface area contributed by atoms with Gasteiger partial charge in [-0.25, -0.2) is 4.57 Å². The SMILES string of the molecule is CC/C=C\C/C=C\C/C=C\C/C=C\C/C=C\C/C=C\CCC(=O)NC(COP(=O)(O)OCC[N+](C)(C)C)C(/C=C/CCCCCCCCCCCCC)OC(=O)CCCCCCCCC/C=C\C/C=C\CCCCC. The normalized spacial score (nSPS) is 14.5. The number of nitrogens with zero attached hydrogens (tertiary/aromatic N) is 1. The number of nitrogens with one attached hydrogen (secondary N) is 1. The number of amides is 1. The first-order chi connectivity index (χ1) is 36.4. The molecular weight excluding hydrogens is 952 g/mol. The zero-order valence-corrected chi connectivity index (χ0v) is 49.9. The highest BCUT2D eigenvalue weighted by atomic mass is 31.2. The first-order valence-electron chi connectivity index (χ1n) is 30.2. The van der Waals surface area contributed by atoms with Crippen molar-refractivity contribution in [3.05, 3.63) is 109 Å². The second-order valence-electron chi connectivity index (χ2n) is 21.1. The summed E-state index contributed by atoms with van der Waals surface area (Å²) in [6, 6.07) is -0.898. The third kappa shape index (κ3) is 55.2. The molecule has 0 saturated carbocycles.